The van der Waals surface area contributed by atoms with Gasteiger partial charge in [-0.2, -0.15) is 13.2 Å². The molecule has 1 aliphatic carbocycles. The number of nitrogens with one attached hydrogen (secondary N) is 1. The number of nitrogens with two attached hydrogens (primary N) is 1. The number of halogens is 3. The van der Waals surface area contributed by atoms with E-state index < -0.39 is 17.6 Å². The van der Waals surface area contributed by atoms with Crippen molar-refractivity contribution in [2.24, 2.45) is 5.73 Å². The van der Waals surface area contributed by atoms with E-state index in [-0.39, 0.29) is 16.5 Å². The van der Waals surface area contributed by atoms with Crippen LogP contribution in [0, 0.1) is 0 Å². The summed E-state index contributed by atoms with van der Waals surface area (Å²) < 4.78 is 39.0. The van der Waals surface area contributed by atoms with Crippen LogP contribution in [-0.4, -0.2) is 11.8 Å². The summed E-state index contributed by atoms with van der Waals surface area (Å²) in [5.41, 5.74) is 6.68. The zero-order valence-electron chi connectivity index (χ0n) is 12.6. The first-order valence-electron chi connectivity index (χ1n) is 7.12. The van der Waals surface area contributed by atoms with Gasteiger partial charge in [-0.15, -0.1) is 11.3 Å². The molecule has 126 valence electrons. The molecule has 0 bridgehead atoms. The monoisotopic (exact) mass is 354 g/mol. The Morgan fingerprint density at radius 1 is 1.25 bits per heavy atom. The third kappa shape index (κ3) is 2.77. The number of rotatable bonds is 2. The average Bonchev–Trinajstić information content (AvgIpc) is 2.83. The minimum Gasteiger partial charge on any atom is -0.365 e. The predicted molar refractivity (Wildman–Crippen MR) is 85.0 cm³/mol. The number of benzene rings is 1. The molecular formula is C16H13F3N2O2S. The van der Waals surface area contributed by atoms with E-state index in [1.165, 1.54) is 13.0 Å². The van der Waals surface area contributed by atoms with Crippen molar-refractivity contribution in [2.75, 3.05) is 5.32 Å². The van der Waals surface area contributed by atoms with Crippen molar-refractivity contribution in [2.45, 2.75) is 25.9 Å². The average molecular weight is 354 g/mol. The van der Waals surface area contributed by atoms with Crippen molar-refractivity contribution in [3.8, 4) is 10.4 Å². The fraction of sp³-hybridized carbons (Fsp3) is 0.250. The van der Waals surface area contributed by atoms with Crippen LogP contribution in [0.5, 0.6) is 0 Å². The molecule has 1 aliphatic rings. The first kappa shape index (κ1) is 16.5. The standard InChI is InChI=1S/C16H13F3N2O2S/c1-7(22)21-15-12(14(20)23)10-5-3-8-2-4-9(16(17,18)19)6-11(8)13(10)24-15/h2,4,6H,3,5H2,1H3,(H2,20,23)(H,21,22). The number of amides is 2. The second-order valence-corrected chi connectivity index (χ2v) is 6.55. The van der Waals surface area contributed by atoms with Crippen LogP contribution < -0.4 is 11.1 Å². The van der Waals surface area contributed by atoms with E-state index in [0.717, 1.165) is 29.0 Å². The molecule has 2 aromatic rings. The zero-order chi connectivity index (χ0) is 17.6. The van der Waals surface area contributed by atoms with Gasteiger partial charge in [0.1, 0.15) is 5.00 Å². The van der Waals surface area contributed by atoms with Crippen molar-refractivity contribution in [3.63, 3.8) is 0 Å². The van der Waals surface area contributed by atoms with E-state index in [0.29, 0.717) is 28.8 Å². The summed E-state index contributed by atoms with van der Waals surface area (Å²) in [6.07, 6.45) is -3.45. The van der Waals surface area contributed by atoms with E-state index >= 15 is 0 Å². The molecule has 1 aromatic heterocycles. The van der Waals surface area contributed by atoms with Crippen LogP contribution in [0.15, 0.2) is 18.2 Å². The SMILES string of the molecule is CC(=O)Nc1sc2c(c1C(N)=O)CCc1ccc(C(F)(F)F)cc1-2. The van der Waals surface area contributed by atoms with Crippen LogP contribution in [-0.2, 0) is 23.8 Å². The van der Waals surface area contributed by atoms with Gasteiger partial charge in [-0.25, -0.2) is 0 Å². The molecule has 3 N–H and O–H groups in total. The van der Waals surface area contributed by atoms with Crippen molar-refractivity contribution in [1.29, 1.82) is 0 Å². The predicted octanol–water partition coefficient (Wildman–Crippen LogP) is 3.59. The lowest BCUT2D eigenvalue weighted by molar-refractivity contribution is -0.137. The van der Waals surface area contributed by atoms with E-state index in [9.17, 15) is 22.8 Å². The smallest absolute Gasteiger partial charge is 0.365 e. The Bertz CT molecular complexity index is 856. The summed E-state index contributed by atoms with van der Waals surface area (Å²) in [7, 11) is 0. The molecule has 3 rings (SSSR count). The first-order chi connectivity index (χ1) is 11.2. The third-order valence-electron chi connectivity index (χ3n) is 3.87. The number of hydrogen-bond donors (Lipinski definition) is 2. The maximum atomic E-state index is 13.0. The molecule has 0 saturated heterocycles. The van der Waals surface area contributed by atoms with Gasteiger partial charge in [-0.05, 0) is 41.7 Å². The molecule has 0 unspecified atom stereocenters. The number of primary amides is 1. The highest BCUT2D eigenvalue weighted by Crippen LogP contribution is 2.46. The lowest BCUT2D eigenvalue weighted by Gasteiger charge is -2.18. The van der Waals surface area contributed by atoms with Gasteiger partial charge in [0.25, 0.3) is 5.91 Å². The Morgan fingerprint density at radius 2 is 1.96 bits per heavy atom. The molecule has 1 heterocycles. The van der Waals surface area contributed by atoms with Gasteiger partial charge < -0.3 is 11.1 Å². The van der Waals surface area contributed by atoms with Gasteiger partial charge in [0, 0.05) is 11.8 Å². The highest BCUT2D eigenvalue weighted by atomic mass is 32.1. The Labute approximate surface area is 139 Å². The van der Waals surface area contributed by atoms with Crippen molar-refractivity contribution in [3.05, 3.63) is 40.5 Å². The largest absolute Gasteiger partial charge is 0.416 e. The van der Waals surface area contributed by atoms with Gasteiger partial charge >= 0.3 is 6.18 Å². The summed E-state index contributed by atoms with van der Waals surface area (Å²) in [6.45, 7) is 1.29. The van der Waals surface area contributed by atoms with E-state index in [2.05, 4.69) is 5.32 Å². The van der Waals surface area contributed by atoms with Crippen LogP contribution in [0.4, 0.5) is 18.2 Å². The topological polar surface area (TPSA) is 72.2 Å². The molecule has 0 radical (unpaired) electrons. The molecule has 0 atom stereocenters. The molecule has 1 aromatic carbocycles. The summed E-state index contributed by atoms with van der Waals surface area (Å²) >= 11 is 1.08. The van der Waals surface area contributed by atoms with Gasteiger partial charge in [0.2, 0.25) is 5.91 Å². The van der Waals surface area contributed by atoms with E-state index in [1.54, 1.807) is 0 Å². The van der Waals surface area contributed by atoms with Crippen molar-refractivity contribution < 1.29 is 22.8 Å². The Morgan fingerprint density at radius 3 is 2.54 bits per heavy atom. The maximum absolute atomic E-state index is 13.0. The lowest BCUT2D eigenvalue weighted by Crippen LogP contribution is -2.17. The number of fused-ring (bicyclic) bond motifs is 3. The minimum absolute atomic E-state index is 0.188. The fourth-order valence-electron chi connectivity index (χ4n) is 2.87. The summed E-state index contributed by atoms with van der Waals surface area (Å²) in [5, 5.41) is 2.83. The Hall–Kier alpha value is -2.35. The Balaban J connectivity index is 2.21. The molecule has 0 aliphatic heterocycles. The number of aryl methyl sites for hydroxylation is 1. The third-order valence-corrected chi connectivity index (χ3v) is 5.05. The molecule has 0 saturated carbocycles. The highest BCUT2D eigenvalue weighted by Gasteiger charge is 2.33. The molecule has 4 nitrogen and oxygen atoms in total. The van der Waals surface area contributed by atoms with Gasteiger partial charge in [0.15, 0.2) is 0 Å². The summed E-state index contributed by atoms with van der Waals surface area (Å²) in [6, 6.07) is 3.61. The number of anilines is 1. The maximum Gasteiger partial charge on any atom is 0.416 e. The molecule has 0 fully saturated rings. The normalized spacial score (nSPS) is 13.2. The molecule has 2 amide bonds. The Kier molecular flexibility index (Phi) is 3.87. The summed E-state index contributed by atoms with van der Waals surface area (Å²) in [4.78, 5) is 23.7. The molecule has 8 heteroatoms. The molecule has 24 heavy (non-hydrogen) atoms. The van der Waals surface area contributed by atoms with Gasteiger partial charge in [-0.1, -0.05) is 6.07 Å². The van der Waals surface area contributed by atoms with Crippen molar-refractivity contribution in [1.82, 2.24) is 0 Å². The second kappa shape index (κ2) is 5.62. The van der Waals surface area contributed by atoms with Crippen LogP contribution in [0.1, 0.15) is 34.0 Å². The fourth-order valence-corrected chi connectivity index (χ4v) is 4.22. The van der Waals surface area contributed by atoms with Gasteiger partial charge in [0.05, 0.1) is 11.1 Å². The highest BCUT2D eigenvalue weighted by molar-refractivity contribution is 7.20. The van der Waals surface area contributed by atoms with Crippen molar-refractivity contribution >= 4 is 28.2 Å². The van der Waals surface area contributed by atoms with Crippen LogP contribution >= 0.6 is 11.3 Å². The number of hydrogen-bond acceptors (Lipinski definition) is 3. The first-order valence-corrected chi connectivity index (χ1v) is 7.93. The number of alkyl halides is 3. The van der Waals surface area contributed by atoms with Crippen LogP contribution in [0.2, 0.25) is 0 Å². The minimum atomic E-state index is -4.45. The second-order valence-electron chi connectivity index (χ2n) is 5.53. The molecule has 0 spiro atoms. The summed E-state index contributed by atoms with van der Waals surface area (Å²) in [5.74, 6) is -1.08. The van der Waals surface area contributed by atoms with Crippen LogP contribution in [0.25, 0.3) is 10.4 Å². The van der Waals surface area contributed by atoms with E-state index in [1.807, 2.05) is 0 Å². The lowest BCUT2D eigenvalue weighted by atomic mass is 9.88. The van der Waals surface area contributed by atoms with E-state index in [4.69, 9.17) is 5.73 Å². The van der Waals surface area contributed by atoms with Gasteiger partial charge in [-0.3, -0.25) is 9.59 Å². The number of carbonyl (C=O) groups excluding carboxylic acids is 2. The number of thiophene rings is 1. The number of carbonyl (C=O) groups is 2. The molecular weight excluding hydrogens is 341 g/mol. The van der Waals surface area contributed by atoms with Crippen LogP contribution in [0.3, 0.4) is 0 Å². The zero-order valence-corrected chi connectivity index (χ0v) is 13.4. The quantitative estimate of drug-likeness (QED) is 0.865.